The van der Waals surface area contributed by atoms with Crippen molar-refractivity contribution in [1.82, 2.24) is 4.90 Å². The summed E-state index contributed by atoms with van der Waals surface area (Å²) in [6.45, 7) is 5.53. The number of benzene rings is 1. The lowest BCUT2D eigenvalue weighted by Crippen LogP contribution is -2.36. The molecule has 0 radical (unpaired) electrons. The normalized spacial score (nSPS) is 18.4. The molecule has 2 aliphatic rings. The van der Waals surface area contributed by atoms with Gasteiger partial charge in [-0.1, -0.05) is 18.9 Å². The van der Waals surface area contributed by atoms with Gasteiger partial charge < -0.3 is 14.6 Å². The summed E-state index contributed by atoms with van der Waals surface area (Å²) < 4.78 is 5.92. The number of thioether (sulfide) groups is 1. The zero-order valence-electron chi connectivity index (χ0n) is 18.3. The number of furan rings is 1. The molecule has 0 spiro atoms. The van der Waals surface area contributed by atoms with Gasteiger partial charge in [-0.3, -0.25) is 19.3 Å². The molecule has 0 aliphatic carbocycles. The van der Waals surface area contributed by atoms with E-state index in [4.69, 9.17) is 4.42 Å². The Morgan fingerprint density at radius 1 is 1.06 bits per heavy atom. The summed E-state index contributed by atoms with van der Waals surface area (Å²) >= 11 is 0.822. The predicted molar refractivity (Wildman–Crippen MR) is 127 cm³/mol. The molecule has 4 rings (SSSR count). The minimum Gasteiger partial charge on any atom is -0.441 e. The third kappa shape index (κ3) is 5.07. The first-order valence-corrected chi connectivity index (χ1v) is 11.7. The summed E-state index contributed by atoms with van der Waals surface area (Å²) in [5.74, 6) is 0.403. The van der Waals surface area contributed by atoms with E-state index in [-0.39, 0.29) is 11.4 Å². The Bertz CT molecular complexity index is 1070. The molecule has 3 amide bonds. The second-order valence-corrected chi connectivity index (χ2v) is 9.19. The molecule has 0 saturated carbocycles. The minimum absolute atomic E-state index is 0.255. The third-order valence-electron chi connectivity index (χ3n) is 5.77. The van der Waals surface area contributed by atoms with Gasteiger partial charge in [-0.2, -0.15) is 0 Å². The zero-order valence-corrected chi connectivity index (χ0v) is 19.2. The van der Waals surface area contributed by atoms with Crippen LogP contribution in [0.1, 0.15) is 42.6 Å². The molecule has 0 atom stereocenters. The molecule has 7 nitrogen and oxygen atoms in total. The van der Waals surface area contributed by atoms with Gasteiger partial charge in [-0.05, 0) is 67.8 Å². The number of aryl methyl sites for hydroxylation is 2. The van der Waals surface area contributed by atoms with Crippen molar-refractivity contribution in [2.24, 2.45) is 0 Å². The Morgan fingerprint density at radius 2 is 1.81 bits per heavy atom. The lowest BCUT2D eigenvalue weighted by molar-refractivity contribution is -0.127. The van der Waals surface area contributed by atoms with E-state index in [0.29, 0.717) is 11.4 Å². The number of imide groups is 1. The van der Waals surface area contributed by atoms with E-state index in [1.807, 2.05) is 32.0 Å². The van der Waals surface area contributed by atoms with Crippen molar-refractivity contribution in [1.29, 1.82) is 0 Å². The molecule has 1 aromatic heterocycles. The quantitative estimate of drug-likeness (QED) is 0.645. The van der Waals surface area contributed by atoms with Crippen LogP contribution in [-0.2, 0) is 9.59 Å². The van der Waals surface area contributed by atoms with Crippen LogP contribution in [0.15, 0.2) is 39.7 Å². The first kappa shape index (κ1) is 22.2. The highest BCUT2D eigenvalue weighted by Gasteiger charge is 2.36. The van der Waals surface area contributed by atoms with Gasteiger partial charge in [0.15, 0.2) is 5.88 Å². The van der Waals surface area contributed by atoms with Gasteiger partial charge in [-0.15, -0.1) is 0 Å². The molecule has 2 aliphatic heterocycles. The van der Waals surface area contributed by atoms with Gasteiger partial charge in [0.1, 0.15) is 12.3 Å². The van der Waals surface area contributed by atoms with Crippen molar-refractivity contribution in [3.05, 3.63) is 52.1 Å². The second kappa shape index (κ2) is 9.65. The molecule has 0 bridgehead atoms. The Kier molecular flexibility index (Phi) is 6.69. The number of rotatable bonds is 5. The van der Waals surface area contributed by atoms with Gasteiger partial charge in [0, 0.05) is 30.9 Å². The van der Waals surface area contributed by atoms with Gasteiger partial charge >= 0.3 is 0 Å². The molecule has 0 unspecified atom stereocenters. The molecule has 32 heavy (non-hydrogen) atoms. The number of carbonyl (C=O) groups excluding carboxylic acids is 3. The van der Waals surface area contributed by atoms with Crippen molar-refractivity contribution in [3.8, 4) is 0 Å². The third-order valence-corrected chi connectivity index (χ3v) is 6.68. The SMILES string of the molecule is Cc1ccc(NC(=O)CN2C(=O)S/C(=C/c3ccc(N4CCCCCC4)o3)C2=O)cc1C. The van der Waals surface area contributed by atoms with Crippen LogP contribution in [0.3, 0.4) is 0 Å². The van der Waals surface area contributed by atoms with Crippen molar-refractivity contribution < 1.29 is 18.8 Å². The summed E-state index contributed by atoms with van der Waals surface area (Å²) in [5, 5.41) is 2.29. The van der Waals surface area contributed by atoms with Crippen LogP contribution in [0.4, 0.5) is 16.4 Å². The molecule has 2 aromatic rings. The molecular weight excluding hydrogens is 426 g/mol. The Morgan fingerprint density at radius 3 is 2.53 bits per heavy atom. The number of anilines is 2. The number of hydrogen-bond acceptors (Lipinski definition) is 6. The van der Waals surface area contributed by atoms with Crippen LogP contribution in [0.2, 0.25) is 0 Å². The summed E-state index contributed by atoms with van der Waals surface area (Å²) in [6, 6.07) is 9.28. The molecule has 8 heteroatoms. The van der Waals surface area contributed by atoms with E-state index in [0.717, 1.165) is 59.6 Å². The molecule has 168 valence electrons. The number of hydrogen-bond donors (Lipinski definition) is 1. The van der Waals surface area contributed by atoms with Gasteiger partial charge in [-0.25, -0.2) is 0 Å². The topological polar surface area (TPSA) is 82.9 Å². The lowest BCUT2D eigenvalue weighted by atomic mass is 10.1. The number of nitrogens with zero attached hydrogens (tertiary/aromatic N) is 2. The van der Waals surface area contributed by atoms with E-state index in [1.165, 1.54) is 12.8 Å². The summed E-state index contributed by atoms with van der Waals surface area (Å²) in [5.41, 5.74) is 2.81. The maximum absolute atomic E-state index is 12.7. The number of nitrogens with one attached hydrogen (secondary N) is 1. The molecular formula is C24H27N3O4S. The highest BCUT2D eigenvalue weighted by Crippen LogP contribution is 2.33. The van der Waals surface area contributed by atoms with Gasteiger partial charge in [0.2, 0.25) is 5.91 Å². The van der Waals surface area contributed by atoms with Crippen molar-refractivity contribution in [2.75, 3.05) is 29.9 Å². The van der Waals surface area contributed by atoms with Crippen molar-refractivity contribution in [3.63, 3.8) is 0 Å². The summed E-state index contributed by atoms with van der Waals surface area (Å²) in [7, 11) is 0. The molecule has 3 heterocycles. The molecule has 2 saturated heterocycles. The highest BCUT2D eigenvalue weighted by atomic mass is 32.2. The van der Waals surface area contributed by atoms with Crippen LogP contribution in [0, 0.1) is 13.8 Å². The summed E-state index contributed by atoms with van der Waals surface area (Å²) in [4.78, 5) is 41.0. The number of carbonyl (C=O) groups is 3. The van der Waals surface area contributed by atoms with Crippen LogP contribution < -0.4 is 10.2 Å². The van der Waals surface area contributed by atoms with Crippen LogP contribution in [0.5, 0.6) is 0 Å². The van der Waals surface area contributed by atoms with E-state index in [2.05, 4.69) is 10.2 Å². The Labute approximate surface area is 191 Å². The molecule has 2 fully saturated rings. The molecule has 1 aromatic carbocycles. The second-order valence-electron chi connectivity index (χ2n) is 8.19. The predicted octanol–water partition coefficient (Wildman–Crippen LogP) is 4.95. The van der Waals surface area contributed by atoms with Gasteiger partial charge in [0.05, 0.1) is 4.91 Å². The zero-order chi connectivity index (χ0) is 22.7. The fraction of sp³-hybridized carbons (Fsp3) is 0.375. The van der Waals surface area contributed by atoms with Crippen molar-refractivity contribution in [2.45, 2.75) is 39.5 Å². The van der Waals surface area contributed by atoms with E-state index >= 15 is 0 Å². The fourth-order valence-corrected chi connectivity index (χ4v) is 4.63. The monoisotopic (exact) mass is 453 g/mol. The van der Waals surface area contributed by atoms with E-state index < -0.39 is 17.1 Å². The maximum atomic E-state index is 12.7. The highest BCUT2D eigenvalue weighted by molar-refractivity contribution is 8.18. The van der Waals surface area contributed by atoms with Crippen LogP contribution >= 0.6 is 11.8 Å². The van der Waals surface area contributed by atoms with Crippen LogP contribution in [-0.4, -0.2) is 41.6 Å². The van der Waals surface area contributed by atoms with Gasteiger partial charge in [0.25, 0.3) is 11.1 Å². The fourth-order valence-electron chi connectivity index (χ4n) is 3.81. The Balaban J connectivity index is 1.40. The summed E-state index contributed by atoms with van der Waals surface area (Å²) in [6.07, 6.45) is 6.31. The van der Waals surface area contributed by atoms with Crippen molar-refractivity contribution >= 4 is 46.5 Å². The number of amides is 3. The largest absolute Gasteiger partial charge is 0.441 e. The van der Waals surface area contributed by atoms with E-state index in [1.54, 1.807) is 18.2 Å². The smallest absolute Gasteiger partial charge is 0.294 e. The average Bonchev–Trinajstić information content (AvgIpc) is 3.19. The Hall–Kier alpha value is -3.00. The maximum Gasteiger partial charge on any atom is 0.294 e. The lowest BCUT2D eigenvalue weighted by Gasteiger charge is -2.18. The van der Waals surface area contributed by atoms with E-state index in [9.17, 15) is 14.4 Å². The molecule has 1 N–H and O–H groups in total. The first-order chi connectivity index (χ1) is 15.4. The first-order valence-electron chi connectivity index (χ1n) is 10.9. The standard InChI is InChI=1S/C24H27N3O4S/c1-16-7-8-18(13-17(16)2)25-21(28)15-27-23(29)20(32-24(27)30)14-19-9-10-22(31-19)26-11-5-3-4-6-12-26/h7-10,13-14H,3-6,11-12,15H2,1-2H3,(H,25,28)/b20-14+. The minimum atomic E-state index is -0.483. The average molecular weight is 454 g/mol. The van der Waals surface area contributed by atoms with Crippen LogP contribution in [0.25, 0.3) is 6.08 Å².